The van der Waals surface area contributed by atoms with E-state index in [4.69, 9.17) is 16.7 Å². The molecule has 1 nitrogen and oxygen atoms in total. The summed E-state index contributed by atoms with van der Waals surface area (Å²) in [5.74, 6) is 1.24. The first-order valence-corrected chi connectivity index (χ1v) is 4.51. The van der Waals surface area contributed by atoms with Gasteiger partial charge in [0.25, 0.3) is 0 Å². The van der Waals surface area contributed by atoms with E-state index in [0.29, 0.717) is 12.5 Å². The number of alkyl halides is 1. The molecule has 0 bridgehead atoms. The van der Waals surface area contributed by atoms with Crippen molar-refractivity contribution in [1.82, 2.24) is 0 Å². The van der Waals surface area contributed by atoms with Gasteiger partial charge in [-0.3, -0.25) is 0 Å². The van der Waals surface area contributed by atoms with Crippen molar-refractivity contribution < 1.29 is 5.11 Å². The van der Waals surface area contributed by atoms with E-state index >= 15 is 0 Å². The highest BCUT2D eigenvalue weighted by Gasteiger charge is 1.97. The van der Waals surface area contributed by atoms with Crippen LogP contribution in [0.3, 0.4) is 0 Å². The number of halogens is 1. The molecule has 1 atom stereocenters. The van der Waals surface area contributed by atoms with Gasteiger partial charge >= 0.3 is 0 Å². The average molecular weight is 165 g/mol. The second kappa shape index (κ2) is 7.36. The normalized spacial score (nSPS) is 13.5. The Morgan fingerprint density at radius 2 is 2.00 bits per heavy atom. The molecule has 0 aliphatic rings. The van der Waals surface area contributed by atoms with Crippen LogP contribution in [0.25, 0.3) is 0 Å². The van der Waals surface area contributed by atoms with Gasteiger partial charge in [0.2, 0.25) is 0 Å². The largest absolute Gasteiger partial charge is 0.396 e. The maximum Gasteiger partial charge on any atom is 0.0456 e. The summed E-state index contributed by atoms with van der Waals surface area (Å²) in [7, 11) is 0. The first-order valence-electron chi connectivity index (χ1n) is 3.98. The summed E-state index contributed by atoms with van der Waals surface area (Å²) in [6, 6.07) is 0. The molecule has 2 heteroatoms. The zero-order chi connectivity index (χ0) is 7.82. The fraction of sp³-hybridized carbons (Fsp3) is 1.00. The third-order valence-electron chi connectivity index (χ3n) is 1.64. The van der Waals surface area contributed by atoms with Crippen molar-refractivity contribution in [2.24, 2.45) is 5.92 Å². The van der Waals surface area contributed by atoms with E-state index in [9.17, 15) is 0 Å². The van der Waals surface area contributed by atoms with Gasteiger partial charge in [-0.05, 0) is 18.8 Å². The lowest BCUT2D eigenvalue weighted by atomic mass is 10.0. The van der Waals surface area contributed by atoms with Crippen molar-refractivity contribution in [2.45, 2.75) is 32.6 Å². The van der Waals surface area contributed by atoms with Crippen LogP contribution in [0.15, 0.2) is 0 Å². The molecule has 0 saturated heterocycles. The van der Waals surface area contributed by atoms with Gasteiger partial charge in [-0.1, -0.05) is 19.8 Å². The fourth-order valence-electron chi connectivity index (χ4n) is 0.855. The van der Waals surface area contributed by atoms with Crippen LogP contribution in [-0.2, 0) is 0 Å². The third-order valence-corrected chi connectivity index (χ3v) is 1.91. The molecule has 0 heterocycles. The summed E-state index contributed by atoms with van der Waals surface area (Å²) in [5, 5.41) is 8.67. The van der Waals surface area contributed by atoms with Gasteiger partial charge < -0.3 is 5.11 Å². The second-order valence-corrected chi connectivity index (χ2v) is 3.20. The molecule has 0 amide bonds. The van der Waals surface area contributed by atoms with E-state index in [1.54, 1.807) is 0 Å². The molecule has 62 valence electrons. The smallest absolute Gasteiger partial charge is 0.0456 e. The Balaban J connectivity index is 2.89. The van der Waals surface area contributed by atoms with Crippen LogP contribution < -0.4 is 0 Å². The highest BCUT2D eigenvalue weighted by Crippen LogP contribution is 2.08. The molecular weight excluding hydrogens is 148 g/mol. The summed E-state index contributed by atoms with van der Waals surface area (Å²) in [5.41, 5.74) is 0. The van der Waals surface area contributed by atoms with Crippen LogP contribution in [0.1, 0.15) is 32.6 Å². The maximum atomic E-state index is 8.67. The van der Waals surface area contributed by atoms with Gasteiger partial charge in [-0.25, -0.2) is 0 Å². The van der Waals surface area contributed by atoms with Gasteiger partial charge in [0.15, 0.2) is 0 Å². The molecule has 0 aliphatic carbocycles. The Kier molecular flexibility index (Phi) is 7.54. The molecule has 0 fully saturated rings. The standard InChI is InChI=1S/C8H17ClO/c1-8(7-10)5-3-2-4-6-9/h8,10H,2-7H2,1H3/t8-/m1/s1. The second-order valence-electron chi connectivity index (χ2n) is 2.83. The van der Waals surface area contributed by atoms with Gasteiger partial charge in [0.05, 0.1) is 0 Å². The lowest BCUT2D eigenvalue weighted by Gasteiger charge is -2.05. The van der Waals surface area contributed by atoms with Crippen LogP contribution in [0, 0.1) is 5.92 Å². The zero-order valence-electron chi connectivity index (χ0n) is 6.65. The summed E-state index contributed by atoms with van der Waals surface area (Å²) in [6.45, 7) is 2.39. The molecule has 0 radical (unpaired) electrons. The van der Waals surface area contributed by atoms with Crippen molar-refractivity contribution in [1.29, 1.82) is 0 Å². The first kappa shape index (κ1) is 10.2. The number of hydrogen-bond acceptors (Lipinski definition) is 1. The minimum absolute atomic E-state index is 0.320. The Morgan fingerprint density at radius 1 is 1.30 bits per heavy atom. The number of rotatable bonds is 6. The first-order chi connectivity index (χ1) is 4.81. The van der Waals surface area contributed by atoms with Crippen molar-refractivity contribution >= 4 is 11.6 Å². The number of aliphatic hydroxyl groups is 1. The summed E-state index contributed by atoms with van der Waals surface area (Å²) >= 11 is 5.50. The molecule has 1 N–H and O–H groups in total. The van der Waals surface area contributed by atoms with Crippen LogP contribution in [0.5, 0.6) is 0 Å². The van der Waals surface area contributed by atoms with E-state index in [0.717, 1.165) is 18.7 Å². The zero-order valence-corrected chi connectivity index (χ0v) is 7.40. The highest BCUT2D eigenvalue weighted by atomic mass is 35.5. The predicted molar refractivity (Wildman–Crippen MR) is 45.4 cm³/mol. The molecule has 0 unspecified atom stereocenters. The minimum atomic E-state index is 0.320. The van der Waals surface area contributed by atoms with Gasteiger partial charge in [0, 0.05) is 12.5 Å². The third kappa shape index (κ3) is 6.37. The quantitative estimate of drug-likeness (QED) is 0.472. The average Bonchev–Trinajstić information content (AvgIpc) is 1.98. The molecular formula is C8H17ClO. The SMILES string of the molecule is C[C@@H](CO)CCCCCCl. The Bertz CT molecular complexity index is 66.3. The Hall–Kier alpha value is 0.250. The van der Waals surface area contributed by atoms with Crippen LogP contribution >= 0.6 is 11.6 Å². The van der Waals surface area contributed by atoms with E-state index in [2.05, 4.69) is 6.92 Å². The van der Waals surface area contributed by atoms with Crippen molar-refractivity contribution in [3.8, 4) is 0 Å². The van der Waals surface area contributed by atoms with Crippen molar-refractivity contribution in [3.63, 3.8) is 0 Å². The fourth-order valence-corrected chi connectivity index (χ4v) is 1.04. The van der Waals surface area contributed by atoms with E-state index < -0.39 is 0 Å². The van der Waals surface area contributed by atoms with Gasteiger partial charge in [0.1, 0.15) is 0 Å². The van der Waals surface area contributed by atoms with Crippen LogP contribution in [-0.4, -0.2) is 17.6 Å². The van der Waals surface area contributed by atoms with E-state index in [1.165, 1.54) is 12.8 Å². The van der Waals surface area contributed by atoms with Crippen LogP contribution in [0.4, 0.5) is 0 Å². The number of aliphatic hydroxyl groups excluding tert-OH is 1. The summed E-state index contributed by atoms with van der Waals surface area (Å²) in [4.78, 5) is 0. The Labute approximate surface area is 68.4 Å². The van der Waals surface area contributed by atoms with Gasteiger partial charge in [-0.15, -0.1) is 11.6 Å². The lowest BCUT2D eigenvalue weighted by molar-refractivity contribution is 0.227. The Morgan fingerprint density at radius 3 is 2.50 bits per heavy atom. The predicted octanol–water partition coefficient (Wildman–Crippen LogP) is 2.41. The monoisotopic (exact) mass is 164 g/mol. The van der Waals surface area contributed by atoms with E-state index in [1.807, 2.05) is 0 Å². The molecule has 0 aliphatic heterocycles. The molecule has 0 saturated carbocycles. The minimum Gasteiger partial charge on any atom is -0.396 e. The number of unbranched alkanes of at least 4 members (excludes halogenated alkanes) is 2. The maximum absolute atomic E-state index is 8.67. The van der Waals surface area contributed by atoms with Crippen LogP contribution in [0.2, 0.25) is 0 Å². The molecule has 0 aromatic heterocycles. The molecule has 0 aromatic carbocycles. The molecule has 0 aromatic rings. The molecule has 10 heavy (non-hydrogen) atoms. The molecule has 0 spiro atoms. The topological polar surface area (TPSA) is 20.2 Å². The lowest BCUT2D eigenvalue weighted by Crippen LogP contribution is -1.99. The van der Waals surface area contributed by atoms with Gasteiger partial charge in [-0.2, -0.15) is 0 Å². The van der Waals surface area contributed by atoms with E-state index in [-0.39, 0.29) is 0 Å². The number of hydrogen-bond donors (Lipinski definition) is 1. The summed E-state index contributed by atoms with van der Waals surface area (Å²) in [6.07, 6.45) is 4.65. The van der Waals surface area contributed by atoms with Crippen molar-refractivity contribution in [3.05, 3.63) is 0 Å². The summed E-state index contributed by atoms with van der Waals surface area (Å²) < 4.78 is 0. The molecule has 0 rings (SSSR count). The van der Waals surface area contributed by atoms with Crippen molar-refractivity contribution in [2.75, 3.05) is 12.5 Å². The highest BCUT2D eigenvalue weighted by molar-refractivity contribution is 6.17.